The second-order valence-corrected chi connectivity index (χ2v) is 8.25. The van der Waals surface area contributed by atoms with Crippen molar-refractivity contribution in [3.05, 3.63) is 10.6 Å². The van der Waals surface area contributed by atoms with E-state index in [9.17, 15) is 0 Å². The Morgan fingerprint density at radius 2 is 2.05 bits per heavy atom. The molecule has 1 aromatic rings. The van der Waals surface area contributed by atoms with Gasteiger partial charge in [0.25, 0.3) is 0 Å². The Kier molecular flexibility index (Phi) is 5.08. The number of anilines is 1. The predicted octanol–water partition coefficient (Wildman–Crippen LogP) is 3.83. The molecule has 1 heterocycles. The lowest BCUT2D eigenvalue weighted by molar-refractivity contribution is 0.418. The average Bonchev–Trinajstić information content (AvgIpc) is 3.07. The van der Waals surface area contributed by atoms with Crippen molar-refractivity contribution in [2.75, 3.05) is 18.5 Å². The molecule has 3 nitrogen and oxygen atoms in total. The fourth-order valence-electron chi connectivity index (χ4n) is 2.41. The number of hydrogen-bond acceptors (Lipinski definition) is 4. The zero-order valence-corrected chi connectivity index (χ0v) is 14.4. The molecule has 114 valence electrons. The third-order valence-corrected chi connectivity index (χ3v) is 4.63. The Balaban J connectivity index is 2.05. The van der Waals surface area contributed by atoms with Crippen molar-refractivity contribution < 1.29 is 0 Å². The second kappa shape index (κ2) is 6.44. The largest absolute Gasteiger partial charge is 0.351 e. The van der Waals surface area contributed by atoms with Gasteiger partial charge < -0.3 is 10.2 Å². The first-order valence-electron chi connectivity index (χ1n) is 7.82. The topological polar surface area (TPSA) is 28.2 Å². The van der Waals surface area contributed by atoms with Crippen LogP contribution in [0, 0.1) is 5.41 Å². The molecule has 0 aromatic carbocycles. The molecule has 1 aliphatic carbocycles. The third kappa shape index (κ3) is 4.74. The molecule has 1 aromatic heterocycles. The SMILES string of the molecule is CCCc1nc(N(C)CC(C)(C)C)sc1CNC1CC1. The van der Waals surface area contributed by atoms with E-state index in [0.29, 0.717) is 5.41 Å². The van der Waals surface area contributed by atoms with Gasteiger partial charge in [-0.25, -0.2) is 4.98 Å². The second-order valence-electron chi connectivity index (χ2n) is 7.19. The minimum absolute atomic E-state index is 0.303. The lowest BCUT2D eigenvalue weighted by Gasteiger charge is -2.26. The minimum atomic E-state index is 0.303. The standard InChI is InChI=1S/C16H29N3S/c1-6-7-13-14(10-17-12-8-9-12)20-15(18-13)19(5)11-16(2,3)4/h12,17H,6-11H2,1-5H3. The van der Waals surface area contributed by atoms with Gasteiger partial charge in [-0.1, -0.05) is 34.1 Å². The number of aromatic nitrogens is 1. The average molecular weight is 295 g/mol. The molecule has 0 amide bonds. The molecule has 0 radical (unpaired) electrons. The van der Waals surface area contributed by atoms with Crippen molar-refractivity contribution in [2.24, 2.45) is 5.41 Å². The molecule has 4 heteroatoms. The molecule has 1 N–H and O–H groups in total. The van der Waals surface area contributed by atoms with Crippen LogP contribution >= 0.6 is 11.3 Å². The first-order valence-corrected chi connectivity index (χ1v) is 8.64. The summed E-state index contributed by atoms with van der Waals surface area (Å²) in [5.74, 6) is 0. The van der Waals surface area contributed by atoms with Gasteiger partial charge in [0.2, 0.25) is 0 Å². The van der Waals surface area contributed by atoms with E-state index in [4.69, 9.17) is 4.98 Å². The van der Waals surface area contributed by atoms with Crippen LogP contribution in [0.4, 0.5) is 5.13 Å². The summed E-state index contributed by atoms with van der Waals surface area (Å²) in [6.45, 7) is 11.1. The van der Waals surface area contributed by atoms with Crippen LogP contribution in [0.2, 0.25) is 0 Å². The number of nitrogens with one attached hydrogen (secondary N) is 1. The van der Waals surface area contributed by atoms with Crippen molar-refractivity contribution in [3.8, 4) is 0 Å². The highest BCUT2D eigenvalue weighted by Crippen LogP contribution is 2.29. The molecule has 0 aliphatic heterocycles. The van der Waals surface area contributed by atoms with Gasteiger partial charge in [-0.2, -0.15) is 0 Å². The molecular formula is C16H29N3S. The fourth-order valence-corrected chi connectivity index (χ4v) is 3.42. The van der Waals surface area contributed by atoms with Gasteiger partial charge in [-0.15, -0.1) is 11.3 Å². The molecule has 1 saturated carbocycles. The molecule has 1 aliphatic rings. The maximum Gasteiger partial charge on any atom is 0.185 e. The predicted molar refractivity (Wildman–Crippen MR) is 88.7 cm³/mol. The normalized spacial score (nSPS) is 15.7. The summed E-state index contributed by atoms with van der Waals surface area (Å²) in [7, 11) is 2.16. The highest BCUT2D eigenvalue weighted by Gasteiger charge is 2.22. The summed E-state index contributed by atoms with van der Waals surface area (Å²) in [5.41, 5.74) is 1.61. The van der Waals surface area contributed by atoms with E-state index in [1.807, 2.05) is 11.3 Å². The molecule has 0 unspecified atom stereocenters. The van der Waals surface area contributed by atoms with E-state index in [2.05, 4.69) is 45.0 Å². The van der Waals surface area contributed by atoms with Crippen LogP contribution in [0.15, 0.2) is 0 Å². The highest BCUT2D eigenvalue weighted by atomic mass is 32.1. The summed E-state index contributed by atoms with van der Waals surface area (Å²) >= 11 is 1.87. The molecular weight excluding hydrogens is 266 g/mol. The first-order chi connectivity index (χ1) is 9.39. The Morgan fingerprint density at radius 3 is 2.60 bits per heavy atom. The zero-order chi connectivity index (χ0) is 14.8. The molecule has 20 heavy (non-hydrogen) atoms. The van der Waals surface area contributed by atoms with Crippen LogP contribution in [-0.2, 0) is 13.0 Å². The van der Waals surface area contributed by atoms with E-state index in [1.54, 1.807) is 0 Å². The van der Waals surface area contributed by atoms with Crippen LogP contribution in [0.3, 0.4) is 0 Å². The monoisotopic (exact) mass is 295 g/mol. The van der Waals surface area contributed by atoms with Gasteiger partial charge in [-0.3, -0.25) is 0 Å². The van der Waals surface area contributed by atoms with Crippen molar-refractivity contribution >= 4 is 16.5 Å². The molecule has 0 spiro atoms. The number of rotatable bonds is 7. The summed E-state index contributed by atoms with van der Waals surface area (Å²) < 4.78 is 0. The van der Waals surface area contributed by atoms with Gasteiger partial charge in [-0.05, 0) is 24.7 Å². The molecule has 0 atom stereocenters. The number of aryl methyl sites for hydroxylation is 1. The first kappa shape index (κ1) is 15.8. The summed E-state index contributed by atoms with van der Waals surface area (Å²) in [6, 6.07) is 0.766. The molecule has 2 rings (SSSR count). The number of hydrogen-bond donors (Lipinski definition) is 1. The van der Waals surface area contributed by atoms with Crippen LogP contribution in [-0.4, -0.2) is 24.6 Å². The minimum Gasteiger partial charge on any atom is -0.351 e. The maximum atomic E-state index is 4.89. The van der Waals surface area contributed by atoms with Crippen molar-refractivity contribution in [1.82, 2.24) is 10.3 Å². The van der Waals surface area contributed by atoms with Gasteiger partial charge >= 0.3 is 0 Å². The van der Waals surface area contributed by atoms with Crippen molar-refractivity contribution in [2.45, 2.75) is 66.0 Å². The smallest absolute Gasteiger partial charge is 0.185 e. The number of thiazole rings is 1. The zero-order valence-electron chi connectivity index (χ0n) is 13.6. The van der Waals surface area contributed by atoms with Crippen LogP contribution in [0.5, 0.6) is 0 Å². The maximum absolute atomic E-state index is 4.89. The van der Waals surface area contributed by atoms with Crippen LogP contribution < -0.4 is 10.2 Å². The number of nitrogens with zero attached hydrogens (tertiary/aromatic N) is 2. The van der Waals surface area contributed by atoms with E-state index >= 15 is 0 Å². The highest BCUT2D eigenvalue weighted by molar-refractivity contribution is 7.15. The van der Waals surface area contributed by atoms with Crippen molar-refractivity contribution in [1.29, 1.82) is 0 Å². The molecule has 0 bridgehead atoms. The van der Waals surface area contributed by atoms with E-state index in [0.717, 1.165) is 25.6 Å². The van der Waals surface area contributed by atoms with Gasteiger partial charge in [0, 0.05) is 31.1 Å². The summed E-state index contributed by atoms with van der Waals surface area (Å²) in [6.07, 6.45) is 4.96. The van der Waals surface area contributed by atoms with E-state index < -0.39 is 0 Å². The summed E-state index contributed by atoms with van der Waals surface area (Å²) in [5, 5.41) is 4.80. The van der Waals surface area contributed by atoms with Crippen LogP contribution in [0.25, 0.3) is 0 Å². The summed E-state index contributed by atoms with van der Waals surface area (Å²) in [4.78, 5) is 8.64. The Bertz CT molecular complexity index is 429. The Hall–Kier alpha value is -0.610. The quantitative estimate of drug-likeness (QED) is 0.828. The van der Waals surface area contributed by atoms with Gasteiger partial charge in [0.05, 0.1) is 5.69 Å². The fraction of sp³-hybridized carbons (Fsp3) is 0.812. The van der Waals surface area contributed by atoms with Gasteiger partial charge in [0.15, 0.2) is 5.13 Å². The Labute approximate surface area is 127 Å². The van der Waals surface area contributed by atoms with E-state index in [1.165, 1.54) is 35.0 Å². The Morgan fingerprint density at radius 1 is 1.35 bits per heavy atom. The lowest BCUT2D eigenvalue weighted by Crippen LogP contribution is -2.28. The molecule has 0 saturated heterocycles. The van der Waals surface area contributed by atoms with Gasteiger partial charge in [0.1, 0.15) is 0 Å². The molecule has 1 fully saturated rings. The third-order valence-electron chi connectivity index (χ3n) is 3.42. The van der Waals surface area contributed by atoms with Crippen LogP contribution in [0.1, 0.15) is 57.5 Å². The van der Waals surface area contributed by atoms with Crippen molar-refractivity contribution in [3.63, 3.8) is 0 Å². The lowest BCUT2D eigenvalue weighted by atomic mass is 9.96. The van der Waals surface area contributed by atoms with E-state index in [-0.39, 0.29) is 0 Å².